The Hall–Kier alpha value is -2.91. The first-order valence-electron chi connectivity index (χ1n) is 8.50. The second-order valence-corrected chi connectivity index (χ2v) is 8.21. The van der Waals surface area contributed by atoms with Crippen LogP contribution in [0, 0.1) is 6.92 Å². The van der Waals surface area contributed by atoms with Gasteiger partial charge in [-0.3, -0.25) is 5.32 Å². The molecule has 0 spiro atoms. The average molecular weight is 415 g/mol. The maximum Gasteiger partial charge on any atom is 0.321 e. The van der Waals surface area contributed by atoms with Gasteiger partial charge >= 0.3 is 6.03 Å². The molecule has 0 bridgehead atoms. The molecule has 0 aliphatic heterocycles. The molecule has 0 radical (unpaired) electrons. The maximum absolute atomic E-state index is 12.3. The molecule has 2 heterocycles. The summed E-state index contributed by atoms with van der Waals surface area (Å²) >= 11 is 3.09. The van der Waals surface area contributed by atoms with Crippen molar-refractivity contribution in [2.24, 2.45) is 0 Å². The van der Waals surface area contributed by atoms with Crippen molar-refractivity contribution in [2.75, 3.05) is 19.5 Å². The molecule has 0 atom stereocenters. The van der Waals surface area contributed by atoms with E-state index >= 15 is 0 Å². The molecule has 2 amide bonds. The van der Waals surface area contributed by atoms with Gasteiger partial charge in [0, 0.05) is 6.54 Å². The molecule has 9 heteroatoms. The van der Waals surface area contributed by atoms with E-state index in [1.807, 2.05) is 37.3 Å². The number of thiazole rings is 2. The Kier molecular flexibility index (Phi) is 5.01. The molecule has 0 aliphatic rings. The van der Waals surface area contributed by atoms with Crippen LogP contribution in [0.1, 0.15) is 10.6 Å². The topological polar surface area (TPSA) is 85.4 Å². The van der Waals surface area contributed by atoms with Gasteiger partial charge in [0.2, 0.25) is 0 Å². The minimum atomic E-state index is -0.314. The molecule has 0 fully saturated rings. The van der Waals surface area contributed by atoms with E-state index < -0.39 is 0 Å². The van der Waals surface area contributed by atoms with Crippen LogP contribution in [0.3, 0.4) is 0 Å². The van der Waals surface area contributed by atoms with E-state index in [2.05, 4.69) is 20.6 Å². The third-order valence-corrected chi connectivity index (χ3v) is 6.28. The van der Waals surface area contributed by atoms with Gasteiger partial charge in [0.1, 0.15) is 0 Å². The van der Waals surface area contributed by atoms with Crippen LogP contribution in [-0.2, 0) is 6.54 Å². The lowest BCUT2D eigenvalue weighted by Gasteiger charge is -2.10. The molecule has 7 nitrogen and oxygen atoms in total. The minimum absolute atomic E-state index is 0.314. The van der Waals surface area contributed by atoms with Crippen molar-refractivity contribution in [1.29, 1.82) is 0 Å². The van der Waals surface area contributed by atoms with Crippen LogP contribution in [-0.4, -0.2) is 30.2 Å². The van der Waals surface area contributed by atoms with Gasteiger partial charge in [-0.05, 0) is 36.8 Å². The number of aromatic nitrogens is 2. The van der Waals surface area contributed by atoms with Crippen LogP contribution in [0.15, 0.2) is 30.3 Å². The summed E-state index contributed by atoms with van der Waals surface area (Å²) in [5.41, 5.74) is 2.72. The summed E-state index contributed by atoms with van der Waals surface area (Å²) in [7, 11) is 3.17. The Balaban J connectivity index is 1.46. The molecule has 0 saturated heterocycles. The number of aryl methyl sites for hydroxylation is 1. The predicted molar refractivity (Wildman–Crippen MR) is 113 cm³/mol. The van der Waals surface area contributed by atoms with E-state index in [4.69, 9.17) is 9.47 Å². The zero-order valence-corrected chi connectivity index (χ0v) is 17.2. The van der Waals surface area contributed by atoms with Crippen molar-refractivity contribution >= 4 is 54.3 Å². The number of anilines is 1. The van der Waals surface area contributed by atoms with Gasteiger partial charge in [-0.25, -0.2) is 14.8 Å². The lowest BCUT2D eigenvalue weighted by Crippen LogP contribution is -2.28. The van der Waals surface area contributed by atoms with Crippen molar-refractivity contribution in [3.05, 3.63) is 40.9 Å². The quantitative estimate of drug-likeness (QED) is 0.500. The van der Waals surface area contributed by atoms with Gasteiger partial charge in [-0.1, -0.05) is 17.4 Å². The Morgan fingerprint density at radius 1 is 1.00 bits per heavy atom. The summed E-state index contributed by atoms with van der Waals surface area (Å²) in [6.07, 6.45) is 0. The monoisotopic (exact) mass is 414 g/mol. The van der Waals surface area contributed by atoms with Gasteiger partial charge in [0.25, 0.3) is 0 Å². The second-order valence-electron chi connectivity index (χ2n) is 6.01. The normalized spacial score (nSPS) is 11.0. The van der Waals surface area contributed by atoms with Gasteiger partial charge in [-0.2, -0.15) is 0 Å². The van der Waals surface area contributed by atoms with Gasteiger partial charge in [0.05, 0.1) is 39.7 Å². The number of nitrogens with zero attached hydrogens (tertiary/aromatic N) is 2. The number of urea groups is 1. The molecule has 2 aromatic heterocycles. The van der Waals surface area contributed by atoms with Crippen molar-refractivity contribution < 1.29 is 14.3 Å². The Labute approximate surface area is 169 Å². The van der Waals surface area contributed by atoms with Crippen molar-refractivity contribution in [3.8, 4) is 11.5 Å². The summed E-state index contributed by atoms with van der Waals surface area (Å²) in [6.45, 7) is 2.34. The van der Waals surface area contributed by atoms with Crippen molar-refractivity contribution in [1.82, 2.24) is 15.3 Å². The molecule has 2 aromatic carbocycles. The number of carbonyl (C=O) groups excluding carboxylic acids is 1. The first kappa shape index (κ1) is 18.5. The summed E-state index contributed by atoms with van der Waals surface area (Å²) in [6, 6.07) is 9.10. The summed E-state index contributed by atoms with van der Waals surface area (Å²) in [5.74, 6) is 1.27. The van der Waals surface area contributed by atoms with Gasteiger partial charge < -0.3 is 14.8 Å². The van der Waals surface area contributed by atoms with Crippen LogP contribution >= 0.6 is 22.7 Å². The van der Waals surface area contributed by atoms with E-state index in [-0.39, 0.29) is 6.03 Å². The number of rotatable bonds is 5. The first-order chi connectivity index (χ1) is 13.6. The molecule has 4 rings (SSSR count). The van der Waals surface area contributed by atoms with Crippen LogP contribution in [0.5, 0.6) is 11.5 Å². The molecule has 0 unspecified atom stereocenters. The van der Waals surface area contributed by atoms with Crippen molar-refractivity contribution in [2.45, 2.75) is 13.5 Å². The molecule has 4 aromatic rings. The van der Waals surface area contributed by atoms with E-state index in [9.17, 15) is 4.79 Å². The van der Waals surface area contributed by atoms with Crippen LogP contribution in [0.25, 0.3) is 20.4 Å². The molecule has 144 valence electrons. The SMILES string of the molecule is COc1ccc(CNC(=O)Nc2nc3ccc4nc(C)sc4c3s2)cc1OC. The number of methoxy groups -OCH3 is 2. The van der Waals surface area contributed by atoms with Crippen molar-refractivity contribution in [3.63, 3.8) is 0 Å². The third kappa shape index (κ3) is 3.58. The zero-order valence-electron chi connectivity index (χ0n) is 15.5. The molecule has 2 N–H and O–H groups in total. The molecule has 28 heavy (non-hydrogen) atoms. The highest BCUT2D eigenvalue weighted by atomic mass is 32.1. The van der Waals surface area contributed by atoms with Crippen LogP contribution in [0.4, 0.5) is 9.93 Å². The number of benzene rings is 2. The predicted octanol–water partition coefficient (Wildman–Crippen LogP) is 4.55. The van der Waals surface area contributed by atoms with E-state index in [0.29, 0.717) is 23.2 Å². The number of hydrogen-bond acceptors (Lipinski definition) is 7. The molecule has 0 aliphatic carbocycles. The standard InChI is InChI=1S/C19H18N4O3S2/c1-10-21-12-5-6-13-17(16(12)27-10)28-19(22-13)23-18(24)20-9-11-4-7-14(25-2)15(8-11)26-3/h4-8H,9H2,1-3H3,(H2,20,22,23,24). The number of carbonyl (C=O) groups is 1. The largest absolute Gasteiger partial charge is 0.493 e. The minimum Gasteiger partial charge on any atom is -0.493 e. The molecular weight excluding hydrogens is 396 g/mol. The molecule has 0 saturated carbocycles. The smallest absolute Gasteiger partial charge is 0.321 e. The number of amides is 2. The number of nitrogens with one attached hydrogen (secondary N) is 2. The Morgan fingerprint density at radius 3 is 2.46 bits per heavy atom. The fraction of sp³-hybridized carbons (Fsp3) is 0.211. The van der Waals surface area contributed by atoms with E-state index in [1.165, 1.54) is 11.3 Å². The Morgan fingerprint density at radius 2 is 1.71 bits per heavy atom. The number of hydrogen-bond donors (Lipinski definition) is 2. The highest BCUT2D eigenvalue weighted by Crippen LogP contribution is 2.35. The molecular formula is C19H18N4O3S2. The van der Waals surface area contributed by atoms with E-state index in [1.54, 1.807) is 25.6 Å². The Bertz CT molecular complexity index is 1170. The third-order valence-electron chi connectivity index (χ3n) is 4.14. The number of ether oxygens (including phenoxy) is 2. The summed E-state index contributed by atoms with van der Waals surface area (Å²) < 4.78 is 12.6. The maximum atomic E-state index is 12.3. The van der Waals surface area contributed by atoms with Gasteiger partial charge in [-0.15, -0.1) is 11.3 Å². The lowest BCUT2D eigenvalue weighted by molar-refractivity contribution is 0.251. The van der Waals surface area contributed by atoms with E-state index in [0.717, 1.165) is 31.0 Å². The fourth-order valence-electron chi connectivity index (χ4n) is 2.85. The average Bonchev–Trinajstić information content (AvgIpc) is 3.27. The zero-order chi connectivity index (χ0) is 19.7. The summed E-state index contributed by atoms with van der Waals surface area (Å²) in [4.78, 5) is 21.3. The number of fused-ring (bicyclic) bond motifs is 3. The lowest BCUT2D eigenvalue weighted by atomic mass is 10.2. The van der Waals surface area contributed by atoms with Crippen LogP contribution in [0.2, 0.25) is 0 Å². The summed E-state index contributed by atoms with van der Waals surface area (Å²) in [5, 5.41) is 7.21. The second kappa shape index (κ2) is 7.61. The van der Waals surface area contributed by atoms with Gasteiger partial charge in [0.15, 0.2) is 16.6 Å². The highest BCUT2D eigenvalue weighted by Gasteiger charge is 2.13. The fourth-order valence-corrected chi connectivity index (χ4v) is 4.85. The first-order valence-corrected chi connectivity index (χ1v) is 10.1. The highest BCUT2D eigenvalue weighted by molar-refractivity contribution is 7.28. The van der Waals surface area contributed by atoms with Crippen LogP contribution < -0.4 is 20.1 Å².